The van der Waals surface area contributed by atoms with Crippen LogP contribution in [-0.2, 0) is 28.5 Å². The molecule has 1 aromatic carbocycles. The number of benzene rings is 1. The third kappa shape index (κ3) is 7.10. The van der Waals surface area contributed by atoms with Crippen LogP contribution in [0.1, 0.15) is 52.0 Å². The van der Waals surface area contributed by atoms with Gasteiger partial charge < -0.3 is 28.4 Å². The average Bonchev–Trinajstić information content (AvgIpc) is 3.60. The summed E-state index contributed by atoms with van der Waals surface area (Å²) in [5, 5.41) is 0. The number of methoxy groups -OCH3 is 1. The van der Waals surface area contributed by atoms with Gasteiger partial charge in [0.25, 0.3) is 0 Å². The third-order valence-corrected chi connectivity index (χ3v) is 5.15. The monoisotopic (exact) mass is 452 g/mol. The molecule has 1 aliphatic rings. The molecule has 2 rings (SSSR count). The summed E-state index contributed by atoms with van der Waals surface area (Å²) in [6, 6.07) is 5.30. The van der Waals surface area contributed by atoms with Crippen LogP contribution in [0.2, 0.25) is 0 Å². The van der Waals surface area contributed by atoms with E-state index in [2.05, 4.69) is 0 Å². The minimum Gasteiger partial charge on any atom is -0.497 e. The van der Waals surface area contributed by atoms with Crippen molar-refractivity contribution in [3.05, 3.63) is 23.8 Å². The van der Waals surface area contributed by atoms with Gasteiger partial charge >= 0.3 is 11.9 Å². The maximum absolute atomic E-state index is 13.0. The van der Waals surface area contributed by atoms with E-state index in [0.717, 1.165) is 12.8 Å². The van der Waals surface area contributed by atoms with E-state index in [1.54, 1.807) is 39.2 Å². The van der Waals surface area contributed by atoms with Gasteiger partial charge in [0.05, 0.1) is 32.8 Å². The van der Waals surface area contributed by atoms with E-state index < -0.39 is 30.1 Å². The Labute approximate surface area is 190 Å². The van der Waals surface area contributed by atoms with E-state index >= 15 is 0 Å². The first-order valence-corrected chi connectivity index (χ1v) is 11.4. The summed E-state index contributed by atoms with van der Waals surface area (Å²) in [7, 11) is 1.57. The highest BCUT2D eigenvalue weighted by atomic mass is 16.7. The van der Waals surface area contributed by atoms with Gasteiger partial charge in [0.1, 0.15) is 11.5 Å². The van der Waals surface area contributed by atoms with Crippen molar-refractivity contribution in [2.75, 3.05) is 40.1 Å². The van der Waals surface area contributed by atoms with Crippen LogP contribution in [0.5, 0.6) is 11.5 Å². The van der Waals surface area contributed by atoms with Crippen LogP contribution in [-0.4, -0.2) is 58.4 Å². The molecule has 0 heterocycles. The molecule has 0 saturated heterocycles. The van der Waals surface area contributed by atoms with Crippen LogP contribution in [0.4, 0.5) is 0 Å². The summed E-state index contributed by atoms with van der Waals surface area (Å²) in [5.74, 6) is -1.87. The first-order chi connectivity index (χ1) is 15.5. The quantitative estimate of drug-likeness (QED) is 0.226. The molecule has 1 fully saturated rings. The minimum atomic E-state index is -1.28. The number of carbonyl (C=O) groups is 2. The molecule has 32 heavy (non-hydrogen) atoms. The Hall–Kier alpha value is -2.32. The fourth-order valence-corrected chi connectivity index (χ4v) is 3.45. The summed E-state index contributed by atoms with van der Waals surface area (Å²) in [4.78, 5) is 26.0. The predicted molar refractivity (Wildman–Crippen MR) is 118 cm³/mol. The molecule has 1 saturated carbocycles. The Kier molecular flexibility index (Phi) is 10.8. The lowest BCUT2D eigenvalue weighted by atomic mass is 9.84. The molecule has 0 aliphatic heterocycles. The van der Waals surface area contributed by atoms with E-state index in [-0.39, 0.29) is 13.2 Å². The lowest BCUT2D eigenvalue weighted by Gasteiger charge is -2.32. The molecule has 1 aliphatic carbocycles. The Morgan fingerprint density at radius 3 is 2.00 bits per heavy atom. The van der Waals surface area contributed by atoms with Gasteiger partial charge in [-0.3, -0.25) is 9.59 Å². The van der Waals surface area contributed by atoms with Gasteiger partial charge in [-0.25, -0.2) is 0 Å². The maximum atomic E-state index is 13.0. The molecule has 8 heteroatoms. The largest absolute Gasteiger partial charge is 0.497 e. The van der Waals surface area contributed by atoms with Crippen molar-refractivity contribution in [3.8, 4) is 11.5 Å². The van der Waals surface area contributed by atoms with Gasteiger partial charge in [-0.2, -0.15) is 0 Å². The van der Waals surface area contributed by atoms with Gasteiger partial charge in [0.2, 0.25) is 0 Å². The first-order valence-electron chi connectivity index (χ1n) is 11.4. The number of hydrogen-bond donors (Lipinski definition) is 0. The van der Waals surface area contributed by atoms with E-state index in [4.69, 9.17) is 28.4 Å². The molecule has 180 valence electrons. The van der Waals surface area contributed by atoms with Crippen LogP contribution in [0.25, 0.3) is 0 Å². The Bertz CT molecular complexity index is 707. The van der Waals surface area contributed by atoms with Crippen molar-refractivity contribution in [2.24, 2.45) is 11.8 Å². The van der Waals surface area contributed by atoms with Crippen LogP contribution < -0.4 is 9.47 Å². The fourth-order valence-electron chi connectivity index (χ4n) is 3.45. The number of hydrogen-bond acceptors (Lipinski definition) is 8. The summed E-state index contributed by atoms with van der Waals surface area (Å²) in [6.07, 6.45) is 1.36. The van der Waals surface area contributed by atoms with Crippen molar-refractivity contribution in [2.45, 2.75) is 52.7 Å². The van der Waals surface area contributed by atoms with Crippen molar-refractivity contribution in [3.63, 3.8) is 0 Å². The van der Waals surface area contributed by atoms with Gasteiger partial charge in [0, 0.05) is 24.8 Å². The Balaban J connectivity index is 2.59. The molecule has 1 aromatic rings. The highest BCUT2D eigenvalue weighted by molar-refractivity contribution is 5.96. The summed E-state index contributed by atoms with van der Waals surface area (Å²) in [6.45, 7) is 8.49. The third-order valence-electron chi connectivity index (χ3n) is 5.15. The molecule has 0 radical (unpaired) electrons. The number of esters is 2. The molecule has 0 amide bonds. The second kappa shape index (κ2) is 13.3. The van der Waals surface area contributed by atoms with Gasteiger partial charge in [-0.1, -0.05) is 6.07 Å². The molecular formula is C24H36O8. The molecule has 0 N–H and O–H groups in total. The molecule has 1 unspecified atom stereocenters. The SMILES string of the molecule is CCOC(=O)C(C(=O)OCC)C(c1ccc(OC)cc1OCC1CC1)C(OCC)OCC. The van der Waals surface area contributed by atoms with Gasteiger partial charge in [-0.05, 0) is 52.5 Å². The average molecular weight is 453 g/mol. The predicted octanol–water partition coefficient (Wildman–Crippen LogP) is 3.71. The van der Waals surface area contributed by atoms with E-state index in [9.17, 15) is 9.59 Å². The van der Waals surface area contributed by atoms with Crippen molar-refractivity contribution in [1.29, 1.82) is 0 Å². The summed E-state index contributed by atoms with van der Waals surface area (Å²) >= 11 is 0. The Morgan fingerprint density at radius 1 is 0.938 bits per heavy atom. The lowest BCUT2D eigenvalue weighted by molar-refractivity contribution is -0.183. The standard InChI is InChI=1S/C24H36O8/c1-6-28-22(25)21(23(26)29-7-2)20(24(30-8-3)31-9-4)18-13-12-17(27-5)14-19(18)32-15-16-10-11-16/h12-14,16,20-21,24H,6-11,15H2,1-5H3. The van der Waals surface area contributed by atoms with Crippen LogP contribution in [0, 0.1) is 11.8 Å². The van der Waals surface area contributed by atoms with E-state index in [1.165, 1.54) is 0 Å². The molecule has 0 spiro atoms. The Morgan fingerprint density at radius 2 is 1.53 bits per heavy atom. The van der Waals surface area contributed by atoms with E-state index in [0.29, 0.717) is 42.8 Å². The zero-order valence-corrected chi connectivity index (χ0v) is 19.8. The second-order valence-electron chi connectivity index (χ2n) is 7.44. The topological polar surface area (TPSA) is 89.5 Å². The number of rotatable bonds is 15. The maximum Gasteiger partial charge on any atom is 0.321 e. The van der Waals surface area contributed by atoms with Crippen molar-refractivity contribution in [1.82, 2.24) is 0 Å². The summed E-state index contributed by atoms with van der Waals surface area (Å²) < 4.78 is 33.7. The number of ether oxygens (including phenoxy) is 6. The number of carbonyl (C=O) groups excluding carboxylic acids is 2. The smallest absolute Gasteiger partial charge is 0.321 e. The fraction of sp³-hybridized carbons (Fsp3) is 0.667. The van der Waals surface area contributed by atoms with Crippen molar-refractivity contribution >= 4 is 11.9 Å². The van der Waals surface area contributed by atoms with E-state index in [1.807, 2.05) is 13.8 Å². The zero-order valence-electron chi connectivity index (χ0n) is 19.8. The zero-order chi connectivity index (χ0) is 23.5. The van der Waals surface area contributed by atoms with Gasteiger partial charge in [0.15, 0.2) is 12.2 Å². The molecular weight excluding hydrogens is 416 g/mol. The highest BCUT2D eigenvalue weighted by Crippen LogP contribution is 2.41. The molecule has 0 aromatic heterocycles. The second-order valence-corrected chi connectivity index (χ2v) is 7.44. The normalized spacial score (nSPS) is 14.3. The van der Waals surface area contributed by atoms with Crippen LogP contribution in [0.15, 0.2) is 18.2 Å². The molecule has 8 nitrogen and oxygen atoms in total. The van der Waals surface area contributed by atoms with Crippen LogP contribution in [0.3, 0.4) is 0 Å². The highest BCUT2D eigenvalue weighted by Gasteiger charge is 2.45. The molecule has 1 atom stereocenters. The minimum absolute atomic E-state index is 0.128. The van der Waals surface area contributed by atoms with Crippen molar-refractivity contribution < 1.29 is 38.0 Å². The summed E-state index contributed by atoms with van der Waals surface area (Å²) in [5.41, 5.74) is 0.601. The first kappa shape index (κ1) is 25.9. The molecule has 0 bridgehead atoms. The van der Waals surface area contributed by atoms with Crippen LogP contribution >= 0.6 is 0 Å². The lowest BCUT2D eigenvalue weighted by Crippen LogP contribution is -2.41. The van der Waals surface area contributed by atoms with Gasteiger partial charge in [-0.15, -0.1) is 0 Å².